The number of nitrogens with zero attached hydrogens (tertiary/aromatic N) is 3. The minimum Gasteiger partial charge on any atom is -0.464 e. The van der Waals surface area contributed by atoms with Crippen molar-refractivity contribution in [3.8, 4) is 0 Å². The first-order valence-corrected chi connectivity index (χ1v) is 12.5. The molecule has 3 unspecified atom stereocenters. The Morgan fingerprint density at radius 3 is 2.68 bits per heavy atom. The minimum atomic E-state index is -0.732. The first-order chi connectivity index (χ1) is 16.4. The summed E-state index contributed by atoms with van der Waals surface area (Å²) >= 11 is 0. The molecule has 0 N–H and O–H groups in total. The summed E-state index contributed by atoms with van der Waals surface area (Å²) in [6.45, 7) is 4.94. The van der Waals surface area contributed by atoms with Gasteiger partial charge >= 0.3 is 0 Å². The molecule has 7 nitrogen and oxygen atoms in total. The average molecular weight is 462 g/mol. The summed E-state index contributed by atoms with van der Waals surface area (Å²) < 4.78 is 6.07. The molecule has 178 valence electrons. The van der Waals surface area contributed by atoms with Gasteiger partial charge in [-0.05, 0) is 62.8 Å². The van der Waals surface area contributed by atoms with Crippen LogP contribution in [0.1, 0.15) is 80.2 Å². The molecule has 3 heterocycles. The van der Waals surface area contributed by atoms with Crippen molar-refractivity contribution in [1.29, 1.82) is 0 Å². The molecular weight excluding hydrogens is 430 g/mol. The number of amides is 3. The first kappa shape index (κ1) is 21.4. The Labute approximate surface area is 199 Å². The van der Waals surface area contributed by atoms with Gasteiger partial charge in [0.25, 0.3) is 5.91 Å². The van der Waals surface area contributed by atoms with Crippen LogP contribution in [0.15, 0.2) is 40.8 Å². The lowest BCUT2D eigenvalue weighted by atomic mass is 9.98. The third-order valence-corrected chi connectivity index (χ3v) is 8.09. The van der Waals surface area contributed by atoms with Gasteiger partial charge in [0.2, 0.25) is 11.8 Å². The molecule has 1 aromatic carbocycles. The number of hydrogen-bond acceptors (Lipinski definition) is 4. The second-order valence-electron chi connectivity index (χ2n) is 10.5. The fraction of sp³-hybridized carbons (Fsp3) is 0.519. The molecule has 2 aliphatic heterocycles. The summed E-state index contributed by atoms with van der Waals surface area (Å²) in [5.74, 6) is 3.01. The van der Waals surface area contributed by atoms with Crippen molar-refractivity contribution in [2.45, 2.75) is 76.5 Å². The van der Waals surface area contributed by atoms with Gasteiger partial charge in [0, 0.05) is 31.3 Å². The normalized spacial score (nSPS) is 27.6. The van der Waals surface area contributed by atoms with Crippen LogP contribution in [0.4, 0.5) is 5.69 Å². The van der Waals surface area contributed by atoms with Crippen molar-refractivity contribution in [3.63, 3.8) is 0 Å². The van der Waals surface area contributed by atoms with Crippen molar-refractivity contribution >= 4 is 23.4 Å². The summed E-state index contributed by atoms with van der Waals surface area (Å²) in [4.78, 5) is 45.0. The van der Waals surface area contributed by atoms with Gasteiger partial charge in [-0.2, -0.15) is 0 Å². The van der Waals surface area contributed by atoms with Crippen LogP contribution in [0.2, 0.25) is 0 Å². The summed E-state index contributed by atoms with van der Waals surface area (Å²) in [5, 5.41) is 0. The van der Waals surface area contributed by atoms with Crippen LogP contribution >= 0.6 is 0 Å². The van der Waals surface area contributed by atoms with Crippen LogP contribution in [0.25, 0.3) is 0 Å². The Hall–Kier alpha value is -3.09. The molecule has 1 aromatic heterocycles. The predicted molar refractivity (Wildman–Crippen MR) is 126 cm³/mol. The Bertz CT molecular complexity index is 1170. The third kappa shape index (κ3) is 3.44. The maximum atomic E-state index is 13.4. The maximum Gasteiger partial charge on any atom is 0.257 e. The zero-order valence-corrected chi connectivity index (χ0v) is 19.8. The molecule has 3 atom stereocenters. The Balaban J connectivity index is 1.18. The lowest BCUT2D eigenvalue weighted by molar-refractivity contribution is -0.133. The van der Waals surface area contributed by atoms with E-state index in [9.17, 15) is 14.4 Å². The molecule has 2 aliphatic carbocycles. The fourth-order valence-corrected chi connectivity index (χ4v) is 5.76. The summed E-state index contributed by atoms with van der Waals surface area (Å²) in [5.41, 5.74) is 0.474. The predicted octanol–water partition coefficient (Wildman–Crippen LogP) is 4.28. The van der Waals surface area contributed by atoms with E-state index in [-0.39, 0.29) is 30.2 Å². The number of carbonyl (C=O) groups excluding carboxylic acids is 3. The first-order valence-electron chi connectivity index (χ1n) is 12.5. The quantitative estimate of drug-likeness (QED) is 0.617. The number of benzene rings is 1. The van der Waals surface area contributed by atoms with E-state index in [0.29, 0.717) is 49.0 Å². The molecule has 6 rings (SSSR count). The molecule has 4 aliphatic rings. The smallest absolute Gasteiger partial charge is 0.257 e. The number of carbonyl (C=O) groups is 3. The van der Waals surface area contributed by atoms with Crippen LogP contribution in [-0.4, -0.2) is 45.8 Å². The van der Waals surface area contributed by atoms with Crippen LogP contribution in [0, 0.1) is 5.92 Å². The third-order valence-electron chi connectivity index (χ3n) is 8.09. The lowest BCUT2D eigenvalue weighted by Gasteiger charge is -2.48. The second kappa shape index (κ2) is 7.72. The topological polar surface area (TPSA) is 74.1 Å². The van der Waals surface area contributed by atoms with E-state index in [0.717, 1.165) is 24.4 Å². The van der Waals surface area contributed by atoms with Crippen molar-refractivity contribution in [2.24, 2.45) is 5.92 Å². The molecule has 2 saturated carbocycles. The molecule has 3 fully saturated rings. The van der Waals surface area contributed by atoms with Gasteiger partial charge < -0.3 is 14.2 Å². The van der Waals surface area contributed by atoms with Gasteiger partial charge in [-0.15, -0.1) is 0 Å². The molecule has 3 amide bonds. The van der Waals surface area contributed by atoms with Crippen LogP contribution in [0.3, 0.4) is 0 Å². The van der Waals surface area contributed by atoms with Gasteiger partial charge in [0.15, 0.2) is 0 Å². The number of rotatable bonds is 7. The van der Waals surface area contributed by atoms with E-state index in [4.69, 9.17) is 4.42 Å². The van der Waals surface area contributed by atoms with Crippen molar-refractivity contribution in [2.75, 3.05) is 11.4 Å². The standard InChI is InChI=1S/C27H31N3O4/c1-17-15-21(17)23-10-9-19(34-23)16-28(18-7-8-18)24(31)12-14-29-26(33)20-5-3-4-6-22(20)30-25(32)11-13-27(29,30)2/h3-6,9-10,17-18,21H,7-8,11-16H2,1-2H3. The lowest BCUT2D eigenvalue weighted by Crippen LogP contribution is -2.62. The fourth-order valence-electron chi connectivity index (χ4n) is 5.76. The molecule has 0 radical (unpaired) electrons. The molecule has 0 bridgehead atoms. The van der Waals surface area contributed by atoms with E-state index in [1.807, 2.05) is 36.1 Å². The van der Waals surface area contributed by atoms with E-state index < -0.39 is 5.66 Å². The monoisotopic (exact) mass is 461 g/mol. The highest BCUT2D eigenvalue weighted by Gasteiger charge is 2.53. The summed E-state index contributed by atoms with van der Waals surface area (Å²) in [6.07, 6.45) is 4.39. The van der Waals surface area contributed by atoms with Crippen LogP contribution in [0.5, 0.6) is 0 Å². The molecular formula is C27H31N3O4. The Morgan fingerprint density at radius 2 is 1.94 bits per heavy atom. The number of furan rings is 1. The molecule has 1 saturated heterocycles. The number of hydrogen-bond donors (Lipinski definition) is 0. The Morgan fingerprint density at radius 1 is 1.18 bits per heavy atom. The second-order valence-corrected chi connectivity index (χ2v) is 10.5. The maximum absolute atomic E-state index is 13.4. The highest BCUT2D eigenvalue weighted by molar-refractivity contribution is 6.10. The van der Waals surface area contributed by atoms with Crippen molar-refractivity contribution in [1.82, 2.24) is 9.80 Å². The van der Waals surface area contributed by atoms with E-state index >= 15 is 0 Å². The largest absolute Gasteiger partial charge is 0.464 e. The number of fused-ring (bicyclic) bond motifs is 3. The van der Waals surface area contributed by atoms with Gasteiger partial charge in [0.1, 0.15) is 17.2 Å². The zero-order chi connectivity index (χ0) is 23.6. The molecule has 7 heteroatoms. The zero-order valence-electron chi connectivity index (χ0n) is 19.8. The summed E-state index contributed by atoms with van der Waals surface area (Å²) in [7, 11) is 0. The van der Waals surface area contributed by atoms with Gasteiger partial charge in [-0.3, -0.25) is 19.3 Å². The molecule has 2 aromatic rings. The highest BCUT2D eigenvalue weighted by atomic mass is 16.3. The highest BCUT2D eigenvalue weighted by Crippen LogP contribution is 2.47. The summed E-state index contributed by atoms with van der Waals surface area (Å²) in [6, 6.07) is 11.6. The van der Waals surface area contributed by atoms with Crippen molar-refractivity contribution < 1.29 is 18.8 Å². The van der Waals surface area contributed by atoms with E-state index in [1.165, 1.54) is 6.42 Å². The molecule has 0 spiro atoms. The van der Waals surface area contributed by atoms with E-state index in [1.54, 1.807) is 15.9 Å². The molecule has 34 heavy (non-hydrogen) atoms. The SMILES string of the molecule is CC1CC1c1ccc(CN(C(=O)CCN2C(=O)c3ccccc3N3C(=O)CCC23C)C2CC2)o1. The van der Waals surface area contributed by atoms with E-state index in [2.05, 4.69) is 13.0 Å². The van der Waals surface area contributed by atoms with Gasteiger partial charge in [-0.25, -0.2) is 0 Å². The minimum absolute atomic E-state index is 0.0250. The van der Waals surface area contributed by atoms with Gasteiger partial charge in [-0.1, -0.05) is 19.1 Å². The van der Waals surface area contributed by atoms with Crippen LogP contribution < -0.4 is 4.90 Å². The Kier molecular flexibility index (Phi) is 4.87. The number of para-hydroxylation sites is 1. The average Bonchev–Trinajstić information content (AvgIpc) is 3.72. The number of anilines is 1. The van der Waals surface area contributed by atoms with Gasteiger partial charge in [0.05, 0.1) is 17.8 Å². The van der Waals surface area contributed by atoms with Crippen molar-refractivity contribution in [3.05, 3.63) is 53.5 Å². The van der Waals surface area contributed by atoms with Crippen LogP contribution in [-0.2, 0) is 16.1 Å².